The van der Waals surface area contributed by atoms with Gasteiger partial charge in [0.05, 0.1) is 12.7 Å². The van der Waals surface area contributed by atoms with Crippen LogP contribution in [0.1, 0.15) is 33.1 Å². The first-order chi connectivity index (χ1) is 8.65. The molecule has 0 aliphatic carbocycles. The van der Waals surface area contributed by atoms with Crippen molar-refractivity contribution < 1.29 is 9.84 Å². The lowest BCUT2D eigenvalue weighted by Crippen LogP contribution is -2.20. The third-order valence-corrected chi connectivity index (χ3v) is 2.19. The number of nitrogens with two attached hydrogens (primary N) is 1. The smallest absolute Gasteiger partial charge is 0.323 e. The summed E-state index contributed by atoms with van der Waals surface area (Å²) in [6.45, 7) is 4.91. The van der Waals surface area contributed by atoms with Gasteiger partial charge in [-0.15, -0.1) is 0 Å². The van der Waals surface area contributed by atoms with Crippen LogP contribution in [0.4, 0.5) is 11.9 Å². The highest BCUT2D eigenvalue weighted by Crippen LogP contribution is 2.09. The van der Waals surface area contributed by atoms with Gasteiger partial charge >= 0.3 is 6.01 Å². The quantitative estimate of drug-likeness (QED) is 0.631. The van der Waals surface area contributed by atoms with E-state index in [0.717, 1.165) is 19.3 Å². The Kier molecular flexibility index (Phi) is 6.13. The van der Waals surface area contributed by atoms with Gasteiger partial charge in [-0.3, -0.25) is 0 Å². The van der Waals surface area contributed by atoms with Gasteiger partial charge in [-0.2, -0.15) is 15.0 Å². The Hall–Kier alpha value is -1.63. The van der Waals surface area contributed by atoms with Crippen molar-refractivity contribution in [2.24, 2.45) is 0 Å². The molecular formula is C11H21N5O2. The summed E-state index contributed by atoms with van der Waals surface area (Å²) in [6, 6.07) is 0.205. The molecule has 0 aromatic carbocycles. The Balaban J connectivity index is 2.56. The van der Waals surface area contributed by atoms with Crippen molar-refractivity contribution in [2.45, 2.75) is 39.2 Å². The minimum absolute atomic E-state index is 0.101. The molecular weight excluding hydrogens is 234 g/mol. The van der Waals surface area contributed by atoms with E-state index in [4.69, 9.17) is 10.5 Å². The third-order valence-electron chi connectivity index (χ3n) is 2.19. The maximum atomic E-state index is 9.59. The van der Waals surface area contributed by atoms with Crippen LogP contribution in [-0.2, 0) is 0 Å². The molecule has 0 spiro atoms. The van der Waals surface area contributed by atoms with Gasteiger partial charge in [-0.05, 0) is 12.8 Å². The van der Waals surface area contributed by atoms with E-state index >= 15 is 0 Å². The molecule has 0 amide bonds. The van der Waals surface area contributed by atoms with Crippen LogP contribution in [0, 0.1) is 0 Å². The van der Waals surface area contributed by atoms with Crippen LogP contribution in [0.5, 0.6) is 6.01 Å². The lowest BCUT2D eigenvalue weighted by atomic mass is 10.2. The molecule has 1 atom stereocenters. The largest absolute Gasteiger partial charge is 0.463 e. The summed E-state index contributed by atoms with van der Waals surface area (Å²) in [6.07, 6.45) is 2.09. The average molecular weight is 255 g/mol. The minimum atomic E-state index is -0.423. The summed E-state index contributed by atoms with van der Waals surface area (Å²) in [5.41, 5.74) is 5.55. The fourth-order valence-corrected chi connectivity index (χ4v) is 1.35. The van der Waals surface area contributed by atoms with Crippen molar-refractivity contribution in [1.29, 1.82) is 0 Å². The first-order valence-corrected chi connectivity index (χ1v) is 6.22. The van der Waals surface area contributed by atoms with Gasteiger partial charge in [0, 0.05) is 6.54 Å². The molecule has 1 unspecified atom stereocenters. The molecule has 0 saturated carbocycles. The van der Waals surface area contributed by atoms with Gasteiger partial charge < -0.3 is 20.9 Å². The normalized spacial score (nSPS) is 12.2. The lowest BCUT2D eigenvalue weighted by Gasteiger charge is -2.11. The Labute approximate surface area is 107 Å². The molecule has 18 heavy (non-hydrogen) atoms. The molecule has 7 nitrogen and oxygen atoms in total. The first kappa shape index (κ1) is 14.4. The zero-order valence-corrected chi connectivity index (χ0v) is 10.9. The fraction of sp³-hybridized carbons (Fsp3) is 0.727. The van der Waals surface area contributed by atoms with Gasteiger partial charge in [0.1, 0.15) is 0 Å². The number of nitrogens with one attached hydrogen (secondary N) is 1. The van der Waals surface area contributed by atoms with Crippen LogP contribution in [0.3, 0.4) is 0 Å². The van der Waals surface area contributed by atoms with E-state index in [1.54, 1.807) is 0 Å². The molecule has 1 aromatic rings. The maximum Gasteiger partial charge on any atom is 0.323 e. The summed E-state index contributed by atoms with van der Waals surface area (Å²) >= 11 is 0. The molecule has 0 saturated heterocycles. The fourth-order valence-electron chi connectivity index (χ4n) is 1.35. The summed E-state index contributed by atoms with van der Waals surface area (Å²) in [7, 11) is 0. The predicted octanol–water partition coefficient (Wildman–Crippen LogP) is 0.815. The van der Waals surface area contributed by atoms with Crippen molar-refractivity contribution in [1.82, 2.24) is 15.0 Å². The van der Waals surface area contributed by atoms with E-state index < -0.39 is 6.10 Å². The zero-order chi connectivity index (χ0) is 13.4. The number of anilines is 2. The number of aromatic nitrogens is 3. The van der Waals surface area contributed by atoms with Crippen LogP contribution >= 0.6 is 0 Å². The van der Waals surface area contributed by atoms with Crippen molar-refractivity contribution in [3.05, 3.63) is 0 Å². The summed E-state index contributed by atoms with van der Waals surface area (Å²) in [5.74, 6) is 0.423. The number of nitrogen functional groups attached to an aromatic ring is 1. The van der Waals surface area contributed by atoms with Gasteiger partial charge in [-0.1, -0.05) is 20.3 Å². The molecule has 1 aromatic heterocycles. The van der Waals surface area contributed by atoms with Gasteiger partial charge in [0.25, 0.3) is 0 Å². The van der Waals surface area contributed by atoms with E-state index in [0.29, 0.717) is 19.1 Å². The van der Waals surface area contributed by atoms with E-state index in [1.165, 1.54) is 0 Å². The second-order valence-electron chi connectivity index (χ2n) is 3.97. The second kappa shape index (κ2) is 7.65. The third kappa shape index (κ3) is 5.13. The van der Waals surface area contributed by atoms with Gasteiger partial charge in [0.15, 0.2) is 0 Å². The number of hydrogen-bond donors (Lipinski definition) is 3. The number of ether oxygens (including phenoxy) is 1. The number of rotatable bonds is 8. The molecule has 4 N–H and O–H groups in total. The van der Waals surface area contributed by atoms with E-state index in [-0.39, 0.29) is 12.0 Å². The second-order valence-corrected chi connectivity index (χ2v) is 3.97. The Morgan fingerprint density at radius 3 is 2.72 bits per heavy atom. The van der Waals surface area contributed by atoms with Crippen LogP contribution in [0.15, 0.2) is 0 Å². The van der Waals surface area contributed by atoms with E-state index in [1.807, 2.05) is 13.8 Å². The lowest BCUT2D eigenvalue weighted by molar-refractivity contribution is 0.176. The number of aliphatic hydroxyl groups excluding tert-OH is 1. The molecule has 0 fully saturated rings. The van der Waals surface area contributed by atoms with Crippen molar-refractivity contribution in [3.8, 4) is 6.01 Å². The highest BCUT2D eigenvalue weighted by Gasteiger charge is 2.07. The van der Waals surface area contributed by atoms with Crippen LogP contribution in [-0.4, -0.2) is 39.3 Å². The highest BCUT2D eigenvalue weighted by atomic mass is 16.5. The summed E-state index contributed by atoms with van der Waals surface area (Å²) in [4.78, 5) is 11.8. The molecule has 0 aliphatic heterocycles. The van der Waals surface area contributed by atoms with E-state index in [9.17, 15) is 5.11 Å². The Morgan fingerprint density at radius 1 is 1.28 bits per heavy atom. The van der Waals surface area contributed by atoms with Crippen molar-refractivity contribution in [2.75, 3.05) is 24.2 Å². The highest BCUT2D eigenvalue weighted by molar-refractivity contribution is 5.32. The van der Waals surface area contributed by atoms with E-state index in [2.05, 4.69) is 20.3 Å². The summed E-state index contributed by atoms with van der Waals surface area (Å²) in [5, 5.41) is 12.5. The van der Waals surface area contributed by atoms with Gasteiger partial charge in [0.2, 0.25) is 11.9 Å². The molecule has 7 heteroatoms. The zero-order valence-electron chi connectivity index (χ0n) is 10.9. The first-order valence-electron chi connectivity index (χ1n) is 6.22. The maximum absolute atomic E-state index is 9.59. The summed E-state index contributed by atoms with van der Waals surface area (Å²) < 4.78 is 5.29. The topological polar surface area (TPSA) is 106 Å². The average Bonchev–Trinajstić information content (AvgIpc) is 2.34. The molecule has 0 aliphatic rings. The molecule has 102 valence electrons. The molecule has 0 bridgehead atoms. The van der Waals surface area contributed by atoms with Crippen molar-refractivity contribution >= 4 is 11.9 Å². The molecule has 1 rings (SSSR count). The van der Waals surface area contributed by atoms with Gasteiger partial charge in [-0.25, -0.2) is 0 Å². The molecule has 1 heterocycles. The van der Waals surface area contributed by atoms with Crippen molar-refractivity contribution in [3.63, 3.8) is 0 Å². The number of hydrogen-bond acceptors (Lipinski definition) is 7. The monoisotopic (exact) mass is 255 g/mol. The Bertz CT molecular complexity index is 361. The van der Waals surface area contributed by atoms with Crippen LogP contribution in [0.25, 0.3) is 0 Å². The Morgan fingerprint density at radius 2 is 2.06 bits per heavy atom. The number of aliphatic hydroxyl groups is 1. The van der Waals surface area contributed by atoms with Crippen LogP contribution in [0.2, 0.25) is 0 Å². The predicted molar refractivity (Wildman–Crippen MR) is 69.4 cm³/mol. The SMILES string of the molecule is CCCOc1nc(N)nc(NCC(O)CCC)n1. The number of nitrogens with zero attached hydrogens (tertiary/aromatic N) is 3. The minimum Gasteiger partial charge on any atom is -0.463 e. The van der Waals surface area contributed by atoms with Crippen LogP contribution < -0.4 is 15.8 Å². The molecule has 0 radical (unpaired) electrons. The standard InChI is InChI=1S/C11H21N5O2/c1-3-5-8(17)7-13-10-14-9(12)15-11(16-10)18-6-4-2/h8,17H,3-7H2,1-2H3,(H3,12,13,14,15,16).